The second-order valence-electron chi connectivity index (χ2n) is 2.04. The van der Waals surface area contributed by atoms with Gasteiger partial charge in [0.2, 0.25) is 0 Å². The Morgan fingerprint density at radius 3 is 3.00 bits per heavy atom. The van der Waals surface area contributed by atoms with Gasteiger partial charge in [-0.25, -0.2) is 4.79 Å². The summed E-state index contributed by atoms with van der Waals surface area (Å²) in [6.07, 6.45) is 3.17. The van der Waals surface area contributed by atoms with E-state index in [0.717, 1.165) is 25.1 Å². The molecule has 1 fully saturated rings. The fraction of sp³-hybridized carbons (Fsp3) is 0.500. The fourth-order valence-electron chi connectivity index (χ4n) is 0.888. The second kappa shape index (κ2) is 2.53. The number of carboxylic acids is 1. The highest BCUT2D eigenvalue weighted by molar-refractivity contribution is 5.80. The van der Waals surface area contributed by atoms with E-state index in [4.69, 9.17) is 5.11 Å². The highest BCUT2D eigenvalue weighted by atomic mass is 16.4. The van der Waals surface area contributed by atoms with Gasteiger partial charge >= 0.3 is 5.97 Å². The number of hydrogen-bond acceptors (Lipinski definition) is 2. The molecule has 0 amide bonds. The summed E-state index contributed by atoms with van der Waals surface area (Å²) >= 11 is 0. The molecule has 1 rings (SSSR count). The van der Waals surface area contributed by atoms with E-state index in [0.29, 0.717) is 0 Å². The molecule has 0 aromatic heterocycles. The van der Waals surface area contributed by atoms with Crippen LogP contribution in [-0.4, -0.2) is 17.6 Å². The molecule has 9 heavy (non-hydrogen) atoms. The maximum atomic E-state index is 10.0. The van der Waals surface area contributed by atoms with Crippen LogP contribution in [0.25, 0.3) is 0 Å². The normalized spacial score (nSPS) is 22.0. The third-order valence-electron chi connectivity index (χ3n) is 1.27. The van der Waals surface area contributed by atoms with Crippen molar-refractivity contribution in [3.63, 3.8) is 0 Å². The van der Waals surface area contributed by atoms with Crippen molar-refractivity contribution in [1.29, 1.82) is 0 Å². The van der Waals surface area contributed by atoms with Gasteiger partial charge in [-0.3, -0.25) is 0 Å². The van der Waals surface area contributed by atoms with Crippen LogP contribution in [0, 0.1) is 0 Å². The number of carbonyl (C=O) groups is 1. The fourth-order valence-corrected chi connectivity index (χ4v) is 0.888. The average Bonchev–Trinajstić information content (AvgIpc) is 2.15. The van der Waals surface area contributed by atoms with Crippen molar-refractivity contribution in [2.45, 2.75) is 12.8 Å². The number of carboxylic acid groups (broad SMARTS) is 1. The minimum atomic E-state index is -0.862. The van der Waals surface area contributed by atoms with E-state index in [2.05, 4.69) is 5.32 Å². The smallest absolute Gasteiger partial charge is 0.330 e. The van der Waals surface area contributed by atoms with Crippen LogP contribution in [0.2, 0.25) is 0 Å². The SMILES string of the molecule is O=C(O)/C=C1\CCCN1. The Morgan fingerprint density at radius 2 is 2.56 bits per heavy atom. The van der Waals surface area contributed by atoms with Crippen molar-refractivity contribution in [3.8, 4) is 0 Å². The summed E-state index contributed by atoms with van der Waals surface area (Å²) < 4.78 is 0. The van der Waals surface area contributed by atoms with Gasteiger partial charge in [0.1, 0.15) is 0 Å². The molecule has 0 unspecified atom stereocenters. The van der Waals surface area contributed by atoms with Crippen LogP contribution < -0.4 is 5.32 Å². The molecule has 3 heteroatoms. The van der Waals surface area contributed by atoms with Crippen molar-refractivity contribution in [1.82, 2.24) is 5.32 Å². The van der Waals surface area contributed by atoms with Gasteiger partial charge in [0.15, 0.2) is 0 Å². The standard InChI is InChI=1S/C6H9NO2/c8-6(9)4-5-2-1-3-7-5/h4,7H,1-3H2,(H,8,9)/b5-4+. The summed E-state index contributed by atoms with van der Waals surface area (Å²) in [5.74, 6) is -0.862. The largest absolute Gasteiger partial charge is 0.478 e. The zero-order valence-electron chi connectivity index (χ0n) is 5.05. The molecule has 0 bridgehead atoms. The second-order valence-corrected chi connectivity index (χ2v) is 2.04. The maximum Gasteiger partial charge on any atom is 0.330 e. The monoisotopic (exact) mass is 127 g/mol. The molecule has 1 heterocycles. The summed E-state index contributed by atoms with van der Waals surface area (Å²) in [5, 5.41) is 11.2. The third-order valence-corrected chi connectivity index (χ3v) is 1.27. The minimum Gasteiger partial charge on any atom is -0.478 e. The van der Waals surface area contributed by atoms with Crippen molar-refractivity contribution in [2.24, 2.45) is 0 Å². The summed E-state index contributed by atoms with van der Waals surface area (Å²) in [4.78, 5) is 10.0. The van der Waals surface area contributed by atoms with Crippen LogP contribution in [-0.2, 0) is 4.79 Å². The van der Waals surface area contributed by atoms with Gasteiger partial charge in [0.05, 0.1) is 0 Å². The molecule has 0 saturated carbocycles. The molecule has 0 radical (unpaired) electrons. The summed E-state index contributed by atoms with van der Waals surface area (Å²) in [6.45, 7) is 0.916. The van der Waals surface area contributed by atoms with Crippen LogP contribution in [0.4, 0.5) is 0 Å². The topological polar surface area (TPSA) is 49.3 Å². The number of nitrogens with one attached hydrogen (secondary N) is 1. The van der Waals surface area contributed by atoms with Gasteiger partial charge in [-0.05, 0) is 12.8 Å². The molecule has 50 valence electrons. The Kier molecular flexibility index (Phi) is 1.72. The molecule has 1 saturated heterocycles. The van der Waals surface area contributed by atoms with Crippen LogP contribution >= 0.6 is 0 Å². The Hall–Kier alpha value is -0.990. The molecule has 1 aliphatic heterocycles. The van der Waals surface area contributed by atoms with Gasteiger partial charge < -0.3 is 10.4 Å². The maximum absolute atomic E-state index is 10.0. The van der Waals surface area contributed by atoms with Gasteiger partial charge in [0.25, 0.3) is 0 Å². The van der Waals surface area contributed by atoms with Crippen LogP contribution in [0.15, 0.2) is 11.8 Å². The van der Waals surface area contributed by atoms with Crippen LogP contribution in [0.5, 0.6) is 0 Å². The molecule has 3 nitrogen and oxygen atoms in total. The zero-order chi connectivity index (χ0) is 6.69. The lowest BCUT2D eigenvalue weighted by atomic mass is 10.3. The van der Waals surface area contributed by atoms with Crippen molar-refractivity contribution < 1.29 is 9.90 Å². The van der Waals surface area contributed by atoms with Crippen LogP contribution in [0.1, 0.15) is 12.8 Å². The number of hydrogen-bond donors (Lipinski definition) is 2. The van der Waals surface area contributed by atoms with E-state index >= 15 is 0 Å². The first-order valence-corrected chi connectivity index (χ1v) is 2.96. The first kappa shape index (κ1) is 6.13. The van der Waals surface area contributed by atoms with E-state index in [9.17, 15) is 4.79 Å². The Balaban J connectivity index is 2.49. The highest BCUT2D eigenvalue weighted by Crippen LogP contribution is 2.07. The van der Waals surface area contributed by atoms with Gasteiger partial charge in [-0.15, -0.1) is 0 Å². The summed E-state index contributed by atoms with van der Waals surface area (Å²) in [7, 11) is 0. The van der Waals surface area contributed by atoms with E-state index in [-0.39, 0.29) is 0 Å². The van der Waals surface area contributed by atoms with E-state index in [1.54, 1.807) is 0 Å². The summed E-state index contributed by atoms with van der Waals surface area (Å²) in [5.41, 5.74) is 0.850. The predicted octanol–water partition coefficient (Wildman–Crippen LogP) is 0.338. The number of rotatable bonds is 1. The average molecular weight is 127 g/mol. The highest BCUT2D eigenvalue weighted by Gasteiger charge is 2.05. The first-order valence-electron chi connectivity index (χ1n) is 2.96. The molecule has 0 spiro atoms. The molecular formula is C6H9NO2. The molecule has 0 aromatic carbocycles. The van der Waals surface area contributed by atoms with Gasteiger partial charge in [-0.1, -0.05) is 0 Å². The lowest BCUT2D eigenvalue weighted by molar-refractivity contribution is -0.131. The minimum absolute atomic E-state index is 0.850. The van der Waals surface area contributed by atoms with Crippen molar-refractivity contribution >= 4 is 5.97 Å². The van der Waals surface area contributed by atoms with E-state index in [1.165, 1.54) is 6.08 Å². The number of allylic oxidation sites excluding steroid dienone is 1. The zero-order valence-corrected chi connectivity index (χ0v) is 5.05. The van der Waals surface area contributed by atoms with Crippen LogP contribution in [0.3, 0.4) is 0 Å². The lowest BCUT2D eigenvalue weighted by Crippen LogP contribution is -2.05. The number of aliphatic carboxylic acids is 1. The lowest BCUT2D eigenvalue weighted by Gasteiger charge is -1.92. The van der Waals surface area contributed by atoms with Gasteiger partial charge in [-0.2, -0.15) is 0 Å². The first-order chi connectivity index (χ1) is 4.29. The van der Waals surface area contributed by atoms with E-state index in [1.807, 2.05) is 0 Å². The van der Waals surface area contributed by atoms with Crippen molar-refractivity contribution in [3.05, 3.63) is 11.8 Å². The van der Waals surface area contributed by atoms with Crippen molar-refractivity contribution in [2.75, 3.05) is 6.54 Å². The third kappa shape index (κ3) is 1.76. The Labute approximate surface area is 53.4 Å². The Bertz CT molecular complexity index is 143. The predicted molar refractivity (Wildman–Crippen MR) is 33.0 cm³/mol. The van der Waals surface area contributed by atoms with Gasteiger partial charge in [0, 0.05) is 18.3 Å². The Morgan fingerprint density at radius 1 is 1.78 bits per heavy atom. The summed E-state index contributed by atoms with van der Waals surface area (Å²) in [6, 6.07) is 0. The van der Waals surface area contributed by atoms with E-state index < -0.39 is 5.97 Å². The molecule has 0 atom stereocenters. The molecule has 1 aliphatic rings. The molecular weight excluding hydrogens is 118 g/mol. The quantitative estimate of drug-likeness (QED) is 0.499. The molecule has 0 aromatic rings. The molecule has 0 aliphatic carbocycles. The molecule has 2 N–H and O–H groups in total.